The van der Waals surface area contributed by atoms with Crippen molar-refractivity contribution in [2.75, 3.05) is 5.32 Å². The molecule has 1 aromatic carbocycles. The van der Waals surface area contributed by atoms with E-state index >= 15 is 0 Å². The zero-order valence-electron chi connectivity index (χ0n) is 11.6. The van der Waals surface area contributed by atoms with Gasteiger partial charge in [0, 0.05) is 11.6 Å². The van der Waals surface area contributed by atoms with Crippen LogP contribution in [0.4, 0.5) is 5.69 Å². The number of carbonyl (C=O) groups is 1. The van der Waals surface area contributed by atoms with E-state index in [1.54, 1.807) is 13.0 Å². The Morgan fingerprint density at radius 3 is 2.76 bits per heavy atom. The van der Waals surface area contributed by atoms with Crippen LogP contribution in [0.1, 0.15) is 21.7 Å². The molecule has 21 heavy (non-hydrogen) atoms. The van der Waals surface area contributed by atoms with Crippen molar-refractivity contribution in [1.82, 2.24) is 10.3 Å². The second-order valence-corrected chi connectivity index (χ2v) is 4.71. The number of amides is 1. The van der Waals surface area contributed by atoms with Crippen molar-refractivity contribution in [3.05, 3.63) is 53.5 Å². The van der Waals surface area contributed by atoms with Crippen LogP contribution in [-0.2, 0) is 0 Å². The van der Waals surface area contributed by atoms with E-state index in [2.05, 4.69) is 15.6 Å². The molecule has 0 aliphatic rings. The van der Waals surface area contributed by atoms with E-state index in [4.69, 9.17) is 9.05 Å². The molecular weight excluding hydrogens is 270 g/mol. The third-order valence-electron chi connectivity index (χ3n) is 3.04. The minimum atomic E-state index is -0.371. The van der Waals surface area contributed by atoms with E-state index in [0.29, 0.717) is 17.1 Å². The molecule has 2 heterocycles. The summed E-state index contributed by atoms with van der Waals surface area (Å²) in [6.45, 7) is 3.72. The SMILES string of the molecule is Cc1cccc(-c2cc(C(=O)Nc3conc3C)no2)c1. The van der Waals surface area contributed by atoms with Gasteiger partial charge in [-0.15, -0.1) is 0 Å². The van der Waals surface area contributed by atoms with Crippen molar-refractivity contribution in [2.24, 2.45) is 0 Å². The van der Waals surface area contributed by atoms with Crippen molar-refractivity contribution in [3.8, 4) is 11.3 Å². The summed E-state index contributed by atoms with van der Waals surface area (Å²) in [6.07, 6.45) is 1.37. The van der Waals surface area contributed by atoms with Crippen molar-refractivity contribution in [2.45, 2.75) is 13.8 Å². The highest BCUT2D eigenvalue weighted by molar-refractivity contribution is 6.03. The number of hydrogen-bond acceptors (Lipinski definition) is 5. The number of benzene rings is 1. The molecule has 2 aromatic heterocycles. The van der Waals surface area contributed by atoms with Crippen LogP contribution in [0.3, 0.4) is 0 Å². The van der Waals surface area contributed by atoms with Gasteiger partial charge in [-0.25, -0.2) is 0 Å². The fourth-order valence-electron chi connectivity index (χ4n) is 1.92. The Balaban J connectivity index is 1.82. The lowest BCUT2D eigenvalue weighted by molar-refractivity contribution is 0.101. The standard InChI is InChI=1S/C15H13N3O3/c1-9-4-3-5-11(6-9)14-7-12(18-21-14)15(19)16-13-8-20-17-10(13)2/h3-8H,1-2H3,(H,16,19). The highest BCUT2D eigenvalue weighted by atomic mass is 16.5. The predicted molar refractivity (Wildman–Crippen MR) is 75.9 cm³/mol. The molecule has 3 rings (SSSR count). The maximum Gasteiger partial charge on any atom is 0.278 e. The Morgan fingerprint density at radius 2 is 2.05 bits per heavy atom. The molecule has 0 fully saturated rings. The zero-order chi connectivity index (χ0) is 14.8. The number of aryl methyl sites for hydroxylation is 2. The molecule has 1 N–H and O–H groups in total. The van der Waals surface area contributed by atoms with Crippen LogP contribution in [0.2, 0.25) is 0 Å². The van der Waals surface area contributed by atoms with Gasteiger partial charge in [0.25, 0.3) is 5.91 Å². The van der Waals surface area contributed by atoms with E-state index in [1.165, 1.54) is 6.26 Å². The van der Waals surface area contributed by atoms with E-state index in [1.807, 2.05) is 31.2 Å². The first-order valence-corrected chi connectivity index (χ1v) is 6.39. The van der Waals surface area contributed by atoms with E-state index in [0.717, 1.165) is 11.1 Å². The molecule has 1 amide bonds. The molecule has 6 heteroatoms. The monoisotopic (exact) mass is 283 g/mol. The molecule has 0 atom stereocenters. The summed E-state index contributed by atoms with van der Waals surface area (Å²) >= 11 is 0. The average molecular weight is 283 g/mol. The molecule has 106 valence electrons. The van der Waals surface area contributed by atoms with Crippen LogP contribution in [-0.4, -0.2) is 16.2 Å². The van der Waals surface area contributed by atoms with Gasteiger partial charge in [0.1, 0.15) is 17.6 Å². The summed E-state index contributed by atoms with van der Waals surface area (Å²) < 4.78 is 9.99. The molecule has 0 radical (unpaired) electrons. The average Bonchev–Trinajstić information content (AvgIpc) is 3.09. The van der Waals surface area contributed by atoms with Gasteiger partial charge in [-0.3, -0.25) is 4.79 Å². The lowest BCUT2D eigenvalue weighted by atomic mass is 10.1. The smallest absolute Gasteiger partial charge is 0.278 e. The summed E-state index contributed by atoms with van der Waals surface area (Å²) in [5.41, 5.74) is 3.30. The molecule has 0 aliphatic heterocycles. The number of rotatable bonds is 3. The van der Waals surface area contributed by atoms with Gasteiger partial charge in [0.2, 0.25) is 0 Å². The van der Waals surface area contributed by atoms with Gasteiger partial charge in [-0.2, -0.15) is 0 Å². The summed E-state index contributed by atoms with van der Waals surface area (Å²) in [6, 6.07) is 9.38. The van der Waals surface area contributed by atoms with Gasteiger partial charge >= 0.3 is 0 Å². The van der Waals surface area contributed by atoms with Gasteiger partial charge in [-0.1, -0.05) is 34.1 Å². The summed E-state index contributed by atoms with van der Waals surface area (Å²) in [4.78, 5) is 12.1. The molecule has 0 spiro atoms. The summed E-state index contributed by atoms with van der Waals surface area (Å²) in [7, 11) is 0. The van der Waals surface area contributed by atoms with Crippen LogP contribution in [0.25, 0.3) is 11.3 Å². The van der Waals surface area contributed by atoms with Crippen molar-refractivity contribution in [1.29, 1.82) is 0 Å². The first-order chi connectivity index (χ1) is 10.1. The van der Waals surface area contributed by atoms with Crippen molar-refractivity contribution < 1.29 is 13.8 Å². The molecule has 0 saturated heterocycles. The molecule has 0 bridgehead atoms. The van der Waals surface area contributed by atoms with Crippen LogP contribution in [0.5, 0.6) is 0 Å². The van der Waals surface area contributed by atoms with Crippen LogP contribution in [0.15, 0.2) is 45.6 Å². The Hall–Kier alpha value is -2.89. The summed E-state index contributed by atoms with van der Waals surface area (Å²) in [5.74, 6) is 0.176. The van der Waals surface area contributed by atoms with E-state index < -0.39 is 0 Å². The van der Waals surface area contributed by atoms with E-state index in [9.17, 15) is 4.79 Å². The van der Waals surface area contributed by atoms with Crippen molar-refractivity contribution >= 4 is 11.6 Å². The fraction of sp³-hybridized carbons (Fsp3) is 0.133. The van der Waals surface area contributed by atoms with Gasteiger partial charge < -0.3 is 14.4 Å². The minimum Gasteiger partial charge on any atom is -0.362 e. The normalized spacial score (nSPS) is 10.6. The second-order valence-electron chi connectivity index (χ2n) is 4.71. The number of carbonyl (C=O) groups excluding carboxylic acids is 1. The Kier molecular flexibility index (Phi) is 3.27. The Morgan fingerprint density at radius 1 is 1.19 bits per heavy atom. The second kappa shape index (κ2) is 5.24. The molecule has 6 nitrogen and oxygen atoms in total. The zero-order valence-corrected chi connectivity index (χ0v) is 11.6. The third kappa shape index (κ3) is 2.69. The Bertz CT molecular complexity index is 789. The highest BCUT2D eigenvalue weighted by Crippen LogP contribution is 2.22. The predicted octanol–water partition coefficient (Wildman–Crippen LogP) is 3.20. The van der Waals surface area contributed by atoms with Gasteiger partial charge in [0.05, 0.1) is 0 Å². The number of hydrogen-bond donors (Lipinski definition) is 1. The molecule has 0 saturated carbocycles. The minimum absolute atomic E-state index is 0.201. The molecule has 0 aliphatic carbocycles. The first kappa shape index (κ1) is 13.1. The lowest BCUT2D eigenvalue weighted by Gasteiger charge is -1.98. The first-order valence-electron chi connectivity index (χ1n) is 6.39. The molecule has 3 aromatic rings. The highest BCUT2D eigenvalue weighted by Gasteiger charge is 2.15. The number of anilines is 1. The number of nitrogens with zero attached hydrogens (tertiary/aromatic N) is 2. The third-order valence-corrected chi connectivity index (χ3v) is 3.04. The van der Waals surface area contributed by atoms with Gasteiger partial charge in [0.15, 0.2) is 11.5 Å². The quantitative estimate of drug-likeness (QED) is 0.798. The maximum atomic E-state index is 12.1. The lowest BCUT2D eigenvalue weighted by Crippen LogP contribution is -2.12. The van der Waals surface area contributed by atoms with Crippen molar-refractivity contribution in [3.63, 3.8) is 0 Å². The maximum absolute atomic E-state index is 12.1. The molecule has 0 unspecified atom stereocenters. The fourth-order valence-corrected chi connectivity index (χ4v) is 1.92. The number of aromatic nitrogens is 2. The molecular formula is C15H13N3O3. The van der Waals surface area contributed by atoms with Gasteiger partial charge in [-0.05, 0) is 19.9 Å². The Labute approximate surface area is 120 Å². The number of nitrogens with one attached hydrogen (secondary N) is 1. The topological polar surface area (TPSA) is 81.2 Å². The van der Waals surface area contributed by atoms with Crippen LogP contribution in [0, 0.1) is 13.8 Å². The summed E-state index contributed by atoms with van der Waals surface area (Å²) in [5, 5.41) is 10.2. The van der Waals surface area contributed by atoms with E-state index in [-0.39, 0.29) is 11.6 Å². The van der Waals surface area contributed by atoms with Crippen LogP contribution >= 0.6 is 0 Å². The van der Waals surface area contributed by atoms with Crippen LogP contribution < -0.4 is 5.32 Å². The largest absolute Gasteiger partial charge is 0.362 e.